The second kappa shape index (κ2) is 6.42. The van der Waals surface area contributed by atoms with Crippen LogP contribution in [0, 0.1) is 22.7 Å². The molecule has 0 rings (SSSR count). The summed E-state index contributed by atoms with van der Waals surface area (Å²) in [7, 11) is 0. The monoisotopic (exact) mass is 271 g/mol. The molecule has 0 fully saturated rings. The fourth-order valence-electron chi connectivity index (χ4n) is 1.06. The van der Waals surface area contributed by atoms with Gasteiger partial charge in [-0.25, -0.2) is 0 Å². The third kappa shape index (κ3) is 5.39. The average Bonchev–Trinajstić information content (AvgIpc) is 2.16. The number of nitriles is 2. The van der Waals surface area contributed by atoms with Crippen LogP contribution < -0.4 is 0 Å². The van der Waals surface area contributed by atoms with Gasteiger partial charge in [0, 0.05) is 13.1 Å². The average molecular weight is 272 g/mol. The third-order valence-electron chi connectivity index (χ3n) is 1.78. The third-order valence-corrected chi connectivity index (χ3v) is 2.12. The molecule has 0 aliphatic carbocycles. The quantitative estimate of drug-likeness (QED) is 0.717. The Labute approximate surface area is 98.6 Å². The highest BCUT2D eigenvalue weighted by atomic mass is 79.9. The van der Waals surface area contributed by atoms with Gasteiger partial charge in [-0.2, -0.15) is 10.5 Å². The molecule has 0 aromatic carbocycles. The van der Waals surface area contributed by atoms with Crippen molar-refractivity contribution in [2.45, 2.75) is 31.0 Å². The molecule has 4 nitrogen and oxygen atoms in total. The van der Waals surface area contributed by atoms with Crippen LogP contribution in [-0.4, -0.2) is 28.2 Å². The highest BCUT2D eigenvalue weighted by Gasteiger charge is 2.28. The smallest absolute Gasteiger partial charge is 0.238 e. The number of nitrogens with zero attached hydrogens (tertiary/aromatic N) is 3. The predicted octanol–water partition coefficient (Wildman–Crippen LogP) is 1.82. The van der Waals surface area contributed by atoms with E-state index in [-0.39, 0.29) is 5.91 Å². The molecule has 0 bridgehead atoms. The molecule has 0 spiro atoms. The number of carbonyl (C=O) groups is 1. The van der Waals surface area contributed by atoms with Gasteiger partial charge in [0.2, 0.25) is 5.91 Å². The molecule has 0 aromatic heterocycles. The van der Waals surface area contributed by atoms with Crippen LogP contribution in [0.4, 0.5) is 0 Å². The number of halogens is 1. The van der Waals surface area contributed by atoms with Crippen LogP contribution in [0.25, 0.3) is 0 Å². The van der Waals surface area contributed by atoms with E-state index in [4.69, 9.17) is 10.5 Å². The maximum atomic E-state index is 11.8. The number of amides is 1. The van der Waals surface area contributed by atoms with Gasteiger partial charge in [0.15, 0.2) is 0 Å². The van der Waals surface area contributed by atoms with Crippen molar-refractivity contribution in [1.29, 1.82) is 10.5 Å². The minimum atomic E-state index is -0.641. The minimum Gasteiger partial charge on any atom is -0.339 e. The molecule has 1 amide bonds. The maximum absolute atomic E-state index is 11.8. The van der Waals surface area contributed by atoms with Gasteiger partial charge in [0.1, 0.15) is 0 Å². The second-order valence-corrected chi connectivity index (χ2v) is 5.56. The Morgan fingerprint density at radius 1 is 1.27 bits per heavy atom. The summed E-state index contributed by atoms with van der Waals surface area (Å²) < 4.78 is -0.641. The molecular formula is C10H14BrN3O. The lowest BCUT2D eigenvalue weighted by molar-refractivity contribution is -0.132. The van der Waals surface area contributed by atoms with Crippen molar-refractivity contribution in [3.63, 3.8) is 0 Å². The molecule has 0 aliphatic rings. The highest BCUT2D eigenvalue weighted by Crippen LogP contribution is 2.19. The molecule has 0 aliphatic heterocycles. The van der Waals surface area contributed by atoms with Gasteiger partial charge in [0.25, 0.3) is 0 Å². The molecule has 15 heavy (non-hydrogen) atoms. The van der Waals surface area contributed by atoms with Gasteiger partial charge in [-0.05, 0) is 13.8 Å². The van der Waals surface area contributed by atoms with E-state index >= 15 is 0 Å². The van der Waals surface area contributed by atoms with E-state index in [1.807, 2.05) is 12.1 Å². The zero-order valence-electron chi connectivity index (χ0n) is 8.96. The first kappa shape index (κ1) is 13.9. The lowest BCUT2D eigenvalue weighted by Gasteiger charge is -2.26. The summed E-state index contributed by atoms with van der Waals surface area (Å²) >= 11 is 3.27. The van der Waals surface area contributed by atoms with Gasteiger partial charge < -0.3 is 4.90 Å². The largest absolute Gasteiger partial charge is 0.339 e. The van der Waals surface area contributed by atoms with Gasteiger partial charge in [0.05, 0.1) is 29.3 Å². The number of rotatable bonds is 5. The molecule has 0 aromatic rings. The molecular weight excluding hydrogens is 258 g/mol. The molecule has 0 atom stereocenters. The molecule has 0 saturated heterocycles. The van der Waals surface area contributed by atoms with Crippen molar-refractivity contribution in [2.24, 2.45) is 0 Å². The number of hydrogen-bond donors (Lipinski definition) is 0. The summed E-state index contributed by atoms with van der Waals surface area (Å²) in [6.45, 7) is 4.26. The van der Waals surface area contributed by atoms with Crippen LogP contribution in [0.1, 0.15) is 26.7 Å². The molecule has 0 radical (unpaired) electrons. The fraction of sp³-hybridized carbons (Fsp3) is 0.700. The summed E-state index contributed by atoms with van der Waals surface area (Å²) in [4.78, 5) is 13.4. The van der Waals surface area contributed by atoms with Crippen LogP contribution in [0.2, 0.25) is 0 Å². The van der Waals surface area contributed by atoms with Crippen LogP contribution in [-0.2, 0) is 4.79 Å². The van der Waals surface area contributed by atoms with Crippen molar-refractivity contribution in [2.75, 3.05) is 13.1 Å². The maximum Gasteiger partial charge on any atom is 0.238 e. The van der Waals surface area contributed by atoms with Crippen molar-refractivity contribution >= 4 is 21.8 Å². The van der Waals surface area contributed by atoms with Crippen molar-refractivity contribution < 1.29 is 4.79 Å². The number of alkyl halides is 1. The predicted molar refractivity (Wildman–Crippen MR) is 60.0 cm³/mol. The van der Waals surface area contributed by atoms with Crippen molar-refractivity contribution in [3.05, 3.63) is 0 Å². The Hall–Kier alpha value is -1.07. The van der Waals surface area contributed by atoms with E-state index in [9.17, 15) is 4.79 Å². The van der Waals surface area contributed by atoms with E-state index in [2.05, 4.69) is 15.9 Å². The van der Waals surface area contributed by atoms with E-state index in [0.29, 0.717) is 25.9 Å². The number of carbonyl (C=O) groups excluding carboxylic acids is 1. The molecule has 5 heteroatoms. The Bertz CT molecular complexity index is 277. The van der Waals surface area contributed by atoms with Crippen LogP contribution in [0.15, 0.2) is 0 Å². The first-order valence-electron chi connectivity index (χ1n) is 4.65. The first-order chi connectivity index (χ1) is 6.93. The summed E-state index contributed by atoms with van der Waals surface area (Å²) in [5, 5.41) is 16.9. The highest BCUT2D eigenvalue weighted by molar-refractivity contribution is 9.10. The Kier molecular flexibility index (Phi) is 5.96. The van der Waals surface area contributed by atoms with Crippen molar-refractivity contribution in [1.82, 2.24) is 4.90 Å². The van der Waals surface area contributed by atoms with E-state index in [0.717, 1.165) is 0 Å². The summed E-state index contributed by atoms with van der Waals surface area (Å²) in [6.07, 6.45) is 0.584. The Morgan fingerprint density at radius 3 is 1.93 bits per heavy atom. The van der Waals surface area contributed by atoms with E-state index in [1.54, 1.807) is 18.7 Å². The zero-order valence-corrected chi connectivity index (χ0v) is 10.5. The van der Waals surface area contributed by atoms with E-state index < -0.39 is 4.32 Å². The van der Waals surface area contributed by atoms with Crippen LogP contribution in [0.5, 0.6) is 0 Å². The van der Waals surface area contributed by atoms with Crippen LogP contribution >= 0.6 is 15.9 Å². The van der Waals surface area contributed by atoms with Crippen molar-refractivity contribution in [3.8, 4) is 12.1 Å². The lowest BCUT2D eigenvalue weighted by atomic mass is 10.1. The first-order valence-corrected chi connectivity index (χ1v) is 5.45. The molecule has 82 valence electrons. The van der Waals surface area contributed by atoms with Gasteiger partial charge in [-0.1, -0.05) is 15.9 Å². The SMILES string of the molecule is CC(C)(Br)C(=O)N(CCC#N)CCC#N. The fourth-order valence-corrected chi connectivity index (χ4v) is 1.31. The summed E-state index contributed by atoms with van der Waals surface area (Å²) in [5.41, 5.74) is 0. The lowest BCUT2D eigenvalue weighted by Crippen LogP contribution is -2.42. The van der Waals surface area contributed by atoms with Gasteiger partial charge in [-0.15, -0.1) is 0 Å². The summed E-state index contributed by atoms with van der Waals surface area (Å²) in [6, 6.07) is 3.98. The topological polar surface area (TPSA) is 67.9 Å². The number of hydrogen-bond acceptors (Lipinski definition) is 3. The van der Waals surface area contributed by atoms with Crippen LogP contribution in [0.3, 0.4) is 0 Å². The Balaban J connectivity index is 4.43. The van der Waals surface area contributed by atoms with Gasteiger partial charge in [-0.3, -0.25) is 4.79 Å². The standard InChI is InChI=1S/C10H14BrN3O/c1-10(2,11)9(15)14(7-3-5-12)8-4-6-13/h3-4,7-8H2,1-2H3. The second-order valence-electron chi connectivity index (χ2n) is 3.58. The Morgan fingerprint density at radius 2 is 1.67 bits per heavy atom. The van der Waals surface area contributed by atoms with Gasteiger partial charge >= 0.3 is 0 Å². The molecule has 0 saturated carbocycles. The molecule has 0 unspecified atom stereocenters. The minimum absolute atomic E-state index is 0.0898. The normalized spacial score (nSPS) is 10.2. The molecule has 0 heterocycles. The zero-order chi connectivity index (χ0) is 11.9. The summed E-state index contributed by atoms with van der Waals surface area (Å²) in [5.74, 6) is -0.0898. The van der Waals surface area contributed by atoms with E-state index in [1.165, 1.54) is 0 Å². The molecule has 0 N–H and O–H groups in total.